The van der Waals surface area contributed by atoms with E-state index in [9.17, 15) is 31.1 Å². The van der Waals surface area contributed by atoms with E-state index in [1.165, 1.54) is 7.11 Å². The van der Waals surface area contributed by atoms with Crippen LogP contribution in [0.1, 0.15) is 15.9 Å². The zero-order chi connectivity index (χ0) is 29.0. The number of halogens is 6. The predicted molar refractivity (Wildman–Crippen MR) is 137 cm³/mol. The first kappa shape index (κ1) is 28.1. The van der Waals surface area contributed by atoms with Crippen LogP contribution in [0, 0.1) is 11.8 Å². The zero-order valence-corrected chi connectivity index (χ0v) is 22.2. The number of pyridine rings is 1. The minimum absolute atomic E-state index is 0.0714. The van der Waals surface area contributed by atoms with Gasteiger partial charge in [0.1, 0.15) is 17.9 Å². The molecule has 1 amide bonds. The molecule has 2 atom stereocenters. The Balaban J connectivity index is 1.44. The lowest BCUT2D eigenvalue weighted by Crippen LogP contribution is -2.43. The Labute approximate surface area is 226 Å². The maximum atomic E-state index is 13.7. The smallest absolute Gasteiger partial charge is 0.406 e. The van der Waals surface area contributed by atoms with Crippen LogP contribution in [0.25, 0.3) is 16.9 Å². The predicted octanol–water partition coefficient (Wildman–Crippen LogP) is 4.75. The molecule has 0 N–H and O–H groups in total. The molecule has 1 saturated heterocycles. The number of benzene rings is 1. The van der Waals surface area contributed by atoms with E-state index in [-0.39, 0.29) is 37.4 Å². The molecule has 2 aromatic heterocycles. The van der Waals surface area contributed by atoms with Gasteiger partial charge in [0.2, 0.25) is 0 Å². The standard InChI is InChI=1S/C27H29F6N5O2/c1-35(2)12-18-13-37(14-20(18)27(31,32)33)19-5-7-38-21(11-34-23(38)10-19)17-8-16-4-6-36(15-26(28,29)30)25(39)24(16)22(9-17)40-3/h5,7-11,18,20H,4,6,12-15H2,1-3H3. The summed E-state index contributed by atoms with van der Waals surface area (Å²) < 4.78 is 87.3. The average Bonchev–Trinajstić information content (AvgIpc) is 3.48. The van der Waals surface area contributed by atoms with Crippen molar-refractivity contribution in [1.29, 1.82) is 0 Å². The van der Waals surface area contributed by atoms with Gasteiger partial charge in [-0.25, -0.2) is 4.98 Å². The molecule has 5 rings (SSSR count). The third kappa shape index (κ3) is 5.43. The fraction of sp³-hybridized carbons (Fsp3) is 0.481. The number of anilines is 1. The van der Waals surface area contributed by atoms with Crippen molar-refractivity contribution in [2.45, 2.75) is 18.8 Å². The molecule has 0 bridgehead atoms. The van der Waals surface area contributed by atoms with E-state index in [0.717, 1.165) is 4.90 Å². The molecule has 0 aliphatic carbocycles. The Morgan fingerprint density at radius 3 is 2.50 bits per heavy atom. The van der Waals surface area contributed by atoms with Crippen LogP contribution in [0.15, 0.2) is 36.7 Å². The summed E-state index contributed by atoms with van der Waals surface area (Å²) in [4.78, 5) is 21.6. The number of carbonyl (C=O) groups is 1. The van der Waals surface area contributed by atoms with Gasteiger partial charge in [-0.15, -0.1) is 0 Å². The molecule has 0 spiro atoms. The topological polar surface area (TPSA) is 53.3 Å². The van der Waals surface area contributed by atoms with Crippen LogP contribution >= 0.6 is 0 Å². The van der Waals surface area contributed by atoms with Crippen LogP contribution in [0.5, 0.6) is 5.75 Å². The molecule has 13 heteroatoms. The van der Waals surface area contributed by atoms with Crippen molar-refractivity contribution >= 4 is 17.2 Å². The van der Waals surface area contributed by atoms with Crippen molar-refractivity contribution in [3.8, 4) is 17.0 Å². The van der Waals surface area contributed by atoms with Gasteiger partial charge in [-0.05, 0) is 44.3 Å². The highest BCUT2D eigenvalue weighted by atomic mass is 19.4. The van der Waals surface area contributed by atoms with E-state index >= 15 is 0 Å². The quantitative estimate of drug-likeness (QED) is 0.402. The van der Waals surface area contributed by atoms with E-state index in [2.05, 4.69) is 4.98 Å². The first-order valence-electron chi connectivity index (χ1n) is 12.8. The van der Waals surface area contributed by atoms with Crippen molar-refractivity contribution in [2.75, 3.05) is 58.8 Å². The highest BCUT2D eigenvalue weighted by molar-refractivity contribution is 6.00. The number of methoxy groups -OCH3 is 1. The maximum Gasteiger partial charge on any atom is 0.406 e. The first-order valence-corrected chi connectivity index (χ1v) is 12.8. The molecule has 2 unspecified atom stereocenters. The monoisotopic (exact) mass is 569 g/mol. The zero-order valence-electron chi connectivity index (χ0n) is 22.2. The number of hydrogen-bond donors (Lipinski definition) is 0. The van der Waals surface area contributed by atoms with Crippen LogP contribution < -0.4 is 9.64 Å². The normalized spacial score (nSPS) is 20.1. The average molecular weight is 570 g/mol. The van der Waals surface area contributed by atoms with Crippen LogP contribution in [-0.2, 0) is 6.42 Å². The number of alkyl halides is 6. The molecule has 216 valence electrons. The van der Waals surface area contributed by atoms with Gasteiger partial charge in [-0.1, -0.05) is 0 Å². The van der Waals surface area contributed by atoms with Gasteiger partial charge < -0.3 is 19.4 Å². The number of imidazole rings is 1. The van der Waals surface area contributed by atoms with Gasteiger partial charge in [-0.2, -0.15) is 26.3 Å². The molecule has 4 heterocycles. The molecule has 40 heavy (non-hydrogen) atoms. The first-order chi connectivity index (χ1) is 18.7. The van der Waals surface area contributed by atoms with Crippen molar-refractivity contribution < 1.29 is 35.9 Å². The summed E-state index contributed by atoms with van der Waals surface area (Å²) in [6.07, 6.45) is -5.23. The Morgan fingerprint density at radius 2 is 1.85 bits per heavy atom. The van der Waals surface area contributed by atoms with Crippen LogP contribution in [0.2, 0.25) is 0 Å². The third-order valence-electron chi connectivity index (χ3n) is 7.54. The lowest BCUT2D eigenvalue weighted by Gasteiger charge is -2.30. The summed E-state index contributed by atoms with van der Waals surface area (Å²) in [5.74, 6) is -2.56. The highest BCUT2D eigenvalue weighted by Gasteiger charge is 2.49. The van der Waals surface area contributed by atoms with Crippen LogP contribution in [0.3, 0.4) is 0 Å². The molecule has 2 aliphatic rings. The van der Waals surface area contributed by atoms with Crippen molar-refractivity contribution in [3.05, 3.63) is 47.8 Å². The van der Waals surface area contributed by atoms with Crippen LogP contribution in [-0.4, -0.2) is 91.4 Å². The summed E-state index contributed by atoms with van der Waals surface area (Å²) in [7, 11) is 4.88. The number of fused-ring (bicyclic) bond motifs is 2. The molecule has 0 saturated carbocycles. The molecule has 3 aromatic rings. The molecule has 2 aliphatic heterocycles. The number of amides is 1. The minimum Gasteiger partial charge on any atom is -0.496 e. The SMILES string of the molecule is COc1cc(-c2cnc3cc(N4CC(CN(C)C)C(C(F)(F)F)C4)ccn23)cc2c1C(=O)N(CC(F)(F)F)CC2. The third-order valence-corrected chi connectivity index (χ3v) is 7.54. The van der Waals surface area contributed by atoms with Crippen molar-refractivity contribution in [2.24, 2.45) is 11.8 Å². The van der Waals surface area contributed by atoms with Gasteiger partial charge in [0.05, 0.1) is 30.5 Å². The summed E-state index contributed by atoms with van der Waals surface area (Å²) in [5.41, 5.74) is 3.14. The largest absolute Gasteiger partial charge is 0.496 e. The van der Waals surface area contributed by atoms with Gasteiger partial charge in [0, 0.05) is 55.6 Å². The Kier molecular flexibility index (Phi) is 7.13. The van der Waals surface area contributed by atoms with Crippen molar-refractivity contribution in [3.63, 3.8) is 0 Å². The van der Waals surface area contributed by atoms with E-state index in [4.69, 9.17) is 4.74 Å². The summed E-state index contributed by atoms with van der Waals surface area (Å²) in [5, 5.41) is 0. The lowest BCUT2D eigenvalue weighted by atomic mass is 9.94. The highest BCUT2D eigenvalue weighted by Crippen LogP contribution is 2.40. The Bertz CT molecular complexity index is 1400. The van der Waals surface area contributed by atoms with E-state index in [0.29, 0.717) is 34.7 Å². The second kappa shape index (κ2) is 10.2. The summed E-state index contributed by atoms with van der Waals surface area (Å²) >= 11 is 0. The minimum atomic E-state index is -4.51. The van der Waals surface area contributed by atoms with Gasteiger partial charge >= 0.3 is 12.4 Å². The fourth-order valence-electron chi connectivity index (χ4n) is 5.79. The number of nitrogens with zero attached hydrogens (tertiary/aromatic N) is 5. The molecule has 0 radical (unpaired) electrons. The second-order valence-electron chi connectivity index (χ2n) is 10.6. The lowest BCUT2D eigenvalue weighted by molar-refractivity contribution is -0.179. The Morgan fingerprint density at radius 1 is 1.10 bits per heavy atom. The van der Waals surface area contributed by atoms with Gasteiger partial charge in [0.15, 0.2) is 0 Å². The number of rotatable bonds is 6. The molecule has 7 nitrogen and oxygen atoms in total. The number of ether oxygens (including phenoxy) is 1. The molecule has 1 aromatic carbocycles. The Hall–Kier alpha value is -3.48. The van der Waals surface area contributed by atoms with E-state index in [1.807, 2.05) is 0 Å². The molecule has 1 fully saturated rings. The van der Waals surface area contributed by atoms with Crippen LogP contribution in [0.4, 0.5) is 32.0 Å². The molecular weight excluding hydrogens is 540 g/mol. The number of carbonyl (C=O) groups excluding carboxylic acids is 1. The van der Waals surface area contributed by atoms with E-state index < -0.39 is 36.6 Å². The van der Waals surface area contributed by atoms with E-state index in [1.54, 1.807) is 65.0 Å². The number of hydrogen-bond acceptors (Lipinski definition) is 5. The second-order valence-corrected chi connectivity index (χ2v) is 10.6. The van der Waals surface area contributed by atoms with Crippen molar-refractivity contribution in [1.82, 2.24) is 19.2 Å². The summed E-state index contributed by atoms with van der Waals surface area (Å²) in [6.45, 7) is -0.936. The fourth-order valence-corrected chi connectivity index (χ4v) is 5.79. The maximum absolute atomic E-state index is 13.7. The summed E-state index contributed by atoms with van der Waals surface area (Å²) in [6, 6.07) is 6.82. The van der Waals surface area contributed by atoms with Gasteiger partial charge in [-0.3, -0.25) is 9.20 Å². The number of aromatic nitrogens is 2. The van der Waals surface area contributed by atoms with Gasteiger partial charge in [0.25, 0.3) is 5.91 Å². The molecular formula is C27H29F6N5O2.